The number of nitrogens with zero attached hydrogens (tertiary/aromatic N) is 1. The highest BCUT2D eigenvalue weighted by Crippen LogP contribution is 2.40. The van der Waals surface area contributed by atoms with Crippen LogP contribution in [0.1, 0.15) is 70.4 Å². The summed E-state index contributed by atoms with van der Waals surface area (Å²) >= 11 is 0. The predicted octanol–water partition coefficient (Wildman–Crippen LogP) is 4.70. The number of likely N-dealkylation sites (tertiary alicyclic amines) is 1. The number of sulfonamides is 1. The zero-order chi connectivity index (χ0) is 18.3. The fraction of sp³-hybridized carbons (Fsp3) is 0.700. The molecule has 1 aromatic rings. The van der Waals surface area contributed by atoms with Crippen LogP contribution in [-0.4, -0.2) is 38.8 Å². The van der Waals surface area contributed by atoms with E-state index in [1.807, 2.05) is 12.1 Å². The summed E-state index contributed by atoms with van der Waals surface area (Å²) in [5, 5.41) is 0. The van der Waals surface area contributed by atoms with E-state index in [-0.39, 0.29) is 0 Å². The van der Waals surface area contributed by atoms with Gasteiger partial charge in [0, 0.05) is 24.1 Å². The van der Waals surface area contributed by atoms with Crippen LogP contribution < -0.4 is 4.72 Å². The van der Waals surface area contributed by atoms with Gasteiger partial charge in [-0.05, 0) is 31.9 Å². The summed E-state index contributed by atoms with van der Waals surface area (Å²) in [6.07, 6.45) is 10.4. The van der Waals surface area contributed by atoms with Gasteiger partial charge in [0.1, 0.15) is 6.04 Å². The molecule has 25 heavy (non-hydrogen) atoms. The second kappa shape index (κ2) is 9.04. The first-order valence-electron chi connectivity index (χ1n) is 9.84. The van der Waals surface area contributed by atoms with Gasteiger partial charge in [-0.1, -0.05) is 38.3 Å². The molecule has 1 saturated heterocycles. The van der Waals surface area contributed by atoms with Crippen molar-refractivity contribution in [3.63, 3.8) is 0 Å². The van der Waals surface area contributed by atoms with Crippen LogP contribution in [0.15, 0.2) is 24.3 Å². The lowest BCUT2D eigenvalue weighted by Gasteiger charge is -2.40. The maximum absolute atomic E-state index is 11.4. The summed E-state index contributed by atoms with van der Waals surface area (Å²) < 4.78 is 26.5. The van der Waals surface area contributed by atoms with Gasteiger partial charge in [0.05, 0.1) is 25.9 Å². The summed E-state index contributed by atoms with van der Waals surface area (Å²) in [6.45, 7) is 8.32. The topological polar surface area (TPSA) is 46.2 Å². The van der Waals surface area contributed by atoms with Crippen LogP contribution in [0.4, 0.5) is 5.69 Å². The second-order valence-corrected chi connectivity index (χ2v) is 9.30. The first-order valence-corrected chi connectivity index (χ1v) is 11.7. The third-order valence-corrected chi connectivity index (χ3v) is 6.28. The molecule has 1 heterocycles. The van der Waals surface area contributed by atoms with Gasteiger partial charge in [-0.15, -0.1) is 0 Å². The minimum absolute atomic E-state index is 0.559. The van der Waals surface area contributed by atoms with Crippen LogP contribution in [0.25, 0.3) is 0 Å². The molecule has 1 N–H and O–H groups in total. The summed E-state index contributed by atoms with van der Waals surface area (Å²) in [5.41, 5.74) is 2.00. The zero-order valence-corrected chi connectivity index (χ0v) is 16.9. The molecule has 1 aliphatic rings. The number of benzene rings is 1. The third-order valence-electron chi connectivity index (χ3n) is 5.68. The van der Waals surface area contributed by atoms with Gasteiger partial charge < -0.3 is 4.48 Å². The minimum atomic E-state index is -3.21. The number of rotatable bonds is 10. The first kappa shape index (κ1) is 20.2. The number of anilines is 1. The van der Waals surface area contributed by atoms with Gasteiger partial charge in [0.15, 0.2) is 0 Å². The van der Waals surface area contributed by atoms with E-state index in [0.717, 1.165) is 0 Å². The summed E-state index contributed by atoms with van der Waals surface area (Å²) in [4.78, 5) is 0. The maximum Gasteiger partial charge on any atom is 0.229 e. The smallest absolute Gasteiger partial charge is 0.229 e. The molecule has 2 atom stereocenters. The molecule has 142 valence electrons. The van der Waals surface area contributed by atoms with E-state index >= 15 is 0 Å². The SMILES string of the molecule is CCCCCCC[N+]1(CC)CCCC1c1ccc(NS(C)(=O)=O)cc1. The van der Waals surface area contributed by atoms with Gasteiger partial charge in [0.25, 0.3) is 0 Å². The van der Waals surface area contributed by atoms with Crippen LogP contribution in [0.3, 0.4) is 0 Å². The van der Waals surface area contributed by atoms with Crippen molar-refractivity contribution in [1.82, 2.24) is 0 Å². The first-order chi connectivity index (χ1) is 11.9. The van der Waals surface area contributed by atoms with Crippen molar-refractivity contribution >= 4 is 15.7 Å². The summed E-state index contributed by atoms with van der Waals surface area (Å²) in [5.74, 6) is 0. The molecular formula is C20H35N2O2S+. The third kappa shape index (κ3) is 5.71. The highest BCUT2D eigenvalue weighted by atomic mass is 32.2. The van der Waals surface area contributed by atoms with E-state index in [0.29, 0.717) is 11.7 Å². The molecule has 2 unspecified atom stereocenters. The molecule has 0 aromatic heterocycles. The monoisotopic (exact) mass is 367 g/mol. The lowest BCUT2D eigenvalue weighted by Crippen LogP contribution is -2.47. The van der Waals surface area contributed by atoms with E-state index in [9.17, 15) is 8.42 Å². The van der Waals surface area contributed by atoms with E-state index in [2.05, 4.69) is 30.7 Å². The highest BCUT2D eigenvalue weighted by Gasteiger charge is 2.40. The highest BCUT2D eigenvalue weighted by molar-refractivity contribution is 7.92. The van der Waals surface area contributed by atoms with Crippen molar-refractivity contribution in [2.45, 2.75) is 64.8 Å². The Morgan fingerprint density at radius 1 is 1.08 bits per heavy atom. The number of hydrogen-bond donors (Lipinski definition) is 1. The Hall–Kier alpha value is -1.07. The zero-order valence-electron chi connectivity index (χ0n) is 16.1. The van der Waals surface area contributed by atoms with Gasteiger partial charge >= 0.3 is 0 Å². The Labute approximate surface area is 154 Å². The lowest BCUT2D eigenvalue weighted by molar-refractivity contribution is -0.943. The molecule has 1 aromatic carbocycles. The summed E-state index contributed by atoms with van der Waals surface area (Å²) in [7, 11) is -3.21. The number of unbranched alkanes of at least 4 members (excludes halogenated alkanes) is 4. The number of quaternary nitrogens is 1. The van der Waals surface area contributed by atoms with E-state index in [4.69, 9.17) is 0 Å². The second-order valence-electron chi connectivity index (χ2n) is 7.55. The Morgan fingerprint density at radius 2 is 1.76 bits per heavy atom. The quantitative estimate of drug-likeness (QED) is 0.481. The van der Waals surface area contributed by atoms with Gasteiger partial charge in [-0.3, -0.25) is 4.72 Å². The van der Waals surface area contributed by atoms with E-state index in [1.54, 1.807) is 0 Å². The van der Waals surface area contributed by atoms with Crippen molar-refractivity contribution < 1.29 is 12.9 Å². The Morgan fingerprint density at radius 3 is 2.36 bits per heavy atom. The molecule has 1 fully saturated rings. The molecule has 0 aliphatic carbocycles. The average Bonchev–Trinajstić information content (AvgIpc) is 2.98. The van der Waals surface area contributed by atoms with E-state index < -0.39 is 10.0 Å². The molecule has 0 saturated carbocycles. The Bertz CT molecular complexity index is 628. The predicted molar refractivity (Wildman–Crippen MR) is 106 cm³/mol. The Balaban J connectivity index is 2.05. The fourth-order valence-corrected chi connectivity index (χ4v) is 4.90. The van der Waals surface area contributed by atoms with Crippen molar-refractivity contribution in [3.05, 3.63) is 29.8 Å². The standard InChI is InChI=1S/C20H35N2O2S/c1-4-6-7-8-9-16-22(5-2)17-10-11-20(22)18-12-14-19(15-13-18)21-25(3,23)24/h12-15,20-21H,4-11,16-17H2,1-3H3/q+1. The van der Waals surface area contributed by atoms with Crippen LogP contribution in [-0.2, 0) is 10.0 Å². The molecule has 0 amide bonds. The van der Waals surface area contributed by atoms with Crippen LogP contribution in [0, 0.1) is 0 Å². The molecule has 0 spiro atoms. The molecule has 0 radical (unpaired) electrons. The largest absolute Gasteiger partial charge is 0.318 e. The number of hydrogen-bond acceptors (Lipinski definition) is 2. The van der Waals surface area contributed by atoms with E-state index in [1.165, 1.54) is 80.9 Å². The molecular weight excluding hydrogens is 332 g/mol. The van der Waals surface area contributed by atoms with Crippen molar-refractivity contribution in [1.29, 1.82) is 0 Å². The van der Waals surface area contributed by atoms with Crippen LogP contribution >= 0.6 is 0 Å². The number of nitrogens with one attached hydrogen (secondary N) is 1. The molecule has 0 bridgehead atoms. The molecule has 2 rings (SSSR count). The summed E-state index contributed by atoms with van der Waals surface area (Å²) in [6, 6.07) is 8.59. The fourth-order valence-electron chi connectivity index (χ4n) is 4.33. The maximum atomic E-state index is 11.4. The van der Waals surface area contributed by atoms with Crippen molar-refractivity contribution in [2.24, 2.45) is 0 Å². The van der Waals surface area contributed by atoms with Crippen LogP contribution in [0.5, 0.6) is 0 Å². The lowest BCUT2D eigenvalue weighted by atomic mass is 10.0. The minimum Gasteiger partial charge on any atom is -0.318 e. The molecule has 1 aliphatic heterocycles. The van der Waals surface area contributed by atoms with Gasteiger partial charge in [0.2, 0.25) is 10.0 Å². The van der Waals surface area contributed by atoms with Gasteiger partial charge in [-0.25, -0.2) is 8.42 Å². The van der Waals surface area contributed by atoms with Gasteiger partial charge in [-0.2, -0.15) is 0 Å². The Kier molecular flexibility index (Phi) is 7.32. The van der Waals surface area contributed by atoms with Crippen molar-refractivity contribution in [3.8, 4) is 0 Å². The molecule has 4 nitrogen and oxygen atoms in total. The normalized spacial score (nSPS) is 23.7. The van der Waals surface area contributed by atoms with Crippen molar-refractivity contribution in [2.75, 3.05) is 30.6 Å². The average molecular weight is 368 g/mol. The van der Waals surface area contributed by atoms with Crippen LogP contribution in [0.2, 0.25) is 0 Å². The molecule has 5 heteroatoms.